The van der Waals surface area contributed by atoms with Gasteiger partial charge >= 0.3 is 0 Å². The second-order valence-electron chi connectivity index (χ2n) is 3.22. The molecule has 0 fully saturated rings. The second kappa shape index (κ2) is 3.67. The Morgan fingerprint density at radius 3 is 2.36 bits per heavy atom. The number of sulfone groups is 1. The number of benzene rings is 1. The fourth-order valence-electron chi connectivity index (χ4n) is 1.28. The number of nitrogens with two attached hydrogens (primary N) is 1. The summed E-state index contributed by atoms with van der Waals surface area (Å²) in [7, 11) is -3.56. The van der Waals surface area contributed by atoms with E-state index in [0.717, 1.165) is 12.3 Å². The van der Waals surface area contributed by atoms with Crippen LogP contribution in [-0.2, 0) is 9.84 Å². The van der Waals surface area contributed by atoms with Crippen molar-refractivity contribution in [2.24, 2.45) is 5.73 Å². The molecule has 0 spiro atoms. The Morgan fingerprint density at radius 2 is 2.00 bits per heavy atom. The molecule has 0 amide bonds. The third kappa shape index (κ3) is 2.10. The Balaban J connectivity index is 3.54. The van der Waals surface area contributed by atoms with Gasteiger partial charge in [-0.15, -0.1) is 0 Å². The average Bonchev–Trinajstić information content (AvgIpc) is 2.01. The molecule has 1 aromatic carbocycles. The summed E-state index contributed by atoms with van der Waals surface area (Å²) in [4.78, 5) is -0.296. The minimum Gasteiger partial charge on any atom is -0.324 e. The fourth-order valence-corrected chi connectivity index (χ4v) is 2.38. The first kappa shape index (κ1) is 11.1. The summed E-state index contributed by atoms with van der Waals surface area (Å²) < 4.78 is 35.8. The van der Waals surface area contributed by atoms with Gasteiger partial charge in [-0.3, -0.25) is 0 Å². The van der Waals surface area contributed by atoms with E-state index in [9.17, 15) is 12.8 Å². The van der Waals surface area contributed by atoms with Gasteiger partial charge in [-0.2, -0.15) is 0 Å². The molecule has 2 N–H and O–H groups in total. The molecule has 0 aliphatic rings. The molecule has 0 heterocycles. The van der Waals surface area contributed by atoms with Gasteiger partial charge in [0.05, 0.1) is 0 Å². The topological polar surface area (TPSA) is 60.2 Å². The minimum atomic E-state index is -3.56. The van der Waals surface area contributed by atoms with Crippen LogP contribution in [0.2, 0.25) is 0 Å². The summed E-state index contributed by atoms with van der Waals surface area (Å²) in [6.45, 7) is 1.61. The van der Waals surface area contributed by atoms with Crippen molar-refractivity contribution in [1.82, 2.24) is 0 Å². The maximum absolute atomic E-state index is 13.3. The van der Waals surface area contributed by atoms with Gasteiger partial charge in [0.2, 0.25) is 0 Å². The van der Waals surface area contributed by atoms with Crippen LogP contribution in [0.25, 0.3) is 0 Å². The number of hydrogen-bond acceptors (Lipinski definition) is 3. The second-order valence-corrected chi connectivity index (χ2v) is 5.17. The third-order valence-electron chi connectivity index (χ3n) is 1.86. The third-order valence-corrected chi connectivity index (χ3v) is 3.03. The normalized spacial score (nSPS) is 14.0. The van der Waals surface area contributed by atoms with Crippen molar-refractivity contribution in [3.63, 3.8) is 0 Å². The standard InChI is InChI=1S/C9H12FNO2S/c1-6(11)7-4-3-5-8(10)9(7)14(2,12)13/h3-6H,11H2,1-2H3. The van der Waals surface area contributed by atoms with Crippen molar-refractivity contribution >= 4 is 9.84 Å². The lowest BCUT2D eigenvalue weighted by molar-refractivity contribution is 0.561. The highest BCUT2D eigenvalue weighted by Crippen LogP contribution is 2.23. The molecule has 0 aromatic heterocycles. The zero-order chi connectivity index (χ0) is 10.9. The van der Waals surface area contributed by atoms with Gasteiger partial charge in [0.25, 0.3) is 0 Å². The Morgan fingerprint density at radius 1 is 1.43 bits per heavy atom. The molecule has 78 valence electrons. The van der Waals surface area contributed by atoms with E-state index >= 15 is 0 Å². The van der Waals surface area contributed by atoms with Gasteiger partial charge in [-0.1, -0.05) is 12.1 Å². The molecule has 14 heavy (non-hydrogen) atoms. The predicted octanol–water partition coefficient (Wildman–Crippen LogP) is 1.25. The van der Waals surface area contributed by atoms with Gasteiger partial charge in [-0.25, -0.2) is 12.8 Å². The van der Waals surface area contributed by atoms with E-state index in [4.69, 9.17) is 5.73 Å². The zero-order valence-corrected chi connectivity index (χ0v) is 8.81. The molecular formula is C9H12FNO2S. The van der Waals surface area contributed by atoms with E-state index in [1.807, 2.05) is 0 Å². The molecule has 0 saturated carbocycles. The first-order chi connectivity index (χ1) is 6.34. The van der Waals surface area contributed by atoms with Crippen LogP contribution in [0.5, 0.6) is 0 Å². The Hall–Kier alpha value is -0.940. The van der Waals surface area contributed by atoms with E-state index in [1.54, 1.807) is 6.92 Å². The molecule has 0 radical (unpaired) electrons. The summed E-state index contributed by atoms with van der Waals surface area (Å²) in [5, 5.41) is 0. The van der Waals surface area contributed by atoms with Crippen molar-refractivity contribution in [3.05, 3.63) is 29.6 Å². The summed E-state index contributed by atoms with van der Waals surface area (Å²) in [6.07, 6.45) is 0.970. The Bertz CT molecular complexity index is 440. The number of hydrogen-bond donors (Lipinski definition) is 1. The molecule has 1 unspecified atom stereocenters. The van der Waals surface area contributed by atoms with E-state index in [-0.39, 0.29) is 4.90 Å². The van der Waals surface area contributed by atoms with Gasteiger partial charge in [0.1, 0.15) is 10.7 Å². The Kier molecular flexibility index (Phi) is 2.92. The molecule has 0 bridgehead atoms. The summed E-state index contributed by atoms with van der Waals surface area (Å²) >= 11 is 0. The van der Waals surface area contributed by atoms with Crippen molar-refractivity contribution in [1.29, 1.82) is 0 Å². The summed E-state index contributed by atoms with van der Waals surface area (Å²) in [5.41, 5.74) is 5.86. The maximum Gasteiger partial charge on any atom is 0.178 e. The highest BCUT2D eigenvalue weighted by molar-refractivity contribution is 7.90. The summed E-state index contributed by atoms with van der Waals surface area (Å²) in [5.74, 6) is -0.748. The van der Waals surface area contributed by atoms with E-state index in [2.05, 4.69) is 0 Å². The summed E-state index contributed by atoms with van der Waals surface area (Å²) in [6, 6.07) is 3.57. The predicted molar refractivity (Wildman–Crippen MR) is 52.1 cm³/mol. The number of halogens is 1. The van der Waals surface area contributed by atoms with Crippen LogP contribution in [0.4, 0.5) is 4.39 Å². The van der Waals surface area contributed by atoms with Crippen LogP contribution >= 0.6 is 0 Å². The van der Waals surface area contributed by atoms with Gasteiger partial charge in [-0.05, 0) is 18.6 Å². The van der Waals surface area contributed by atoms with E-state index in [1.165, 1.54) is 12.1 Å². The van der Waals surface area contributed by atoms with E-state index in [0.29, 0.717) is 5.56 Å². The van der Waals surface area contributed by atoms with Crippen LogP contribution < -0.4 is 5.73 Å². The van der Waals surface area contributed by atoms with Crippen LogP contribution in [0.3, 0.4) is 0 Å². The van der Waals surface area contributed by atoms with Crippen LogP contribution in [0.15, 0.2) is 23.1 Å². The van der Waals surface area contributed by atoms with Gasteiger partial charge in [0.15, 0.2) is 9.84 Å². The van der Waals surface area contributed by atoms with E-state index < -0.39 is 21.7 Å². The van der Waals surface area contributed by atoms with Crippen molar-refractivity contribution in [2.45, 2.75) is 17.9 Å². The molecule has 0 aliphatic heterocycles. The number of rotatable bonds is 2. The molecule has 1 atom stereocenters. The fraction of sp³-hybridized carbons (Fsp3) is 0.333. The largest absolute Gasteiger partial charge is 0.324 e. The van der Waals surface area contributed by atoms with Crippen molar-refractivity contribution in [3.8, 4) is 0 Å². The molecule has 1 rings (SSSR count). The molecular weight excluding hydrogens is 205 g/mol. The Labute approximate surface area is 82.7 Å². The lowest BCUT2D eigenvalue weighted by atomic mass is 10.1. The molecule has 3 nitrogen and oxygen atoms in total. The highest BCUT2D eigenvalue weighted by atomic mass is 32.2. The average molecular weight is 217 g/mol. The molecule has 5 heteroatoms. The van der Waals surface area contributed by atoms with Crippen LogP contribution in [0.1, 0.15) is 18.5 Å². The van der Waals surface area contributed by atoms with Crippen LogP contribution in [-0.4, -0.2) is 14.7 Å². The van der Waals surface area contributed by atoms with Gasteiger partial charge in [0, 0.05) is 12.3 Å². The highest BCUT2D eigenvalue weighted by Gasteiger charge is 2.19. The van der Waals surface area contributed by atoms with Crippen LogP contribution in [0, 0.1) is 5.82 Å². The van der Waals surface area contributed by atoms with Gasteiger partial charge < -0.3 is 5.73 Å². The zero-order valence-electron chi connectivity index (χ0n) is 7.99. The maximum atomic E-state index is 13.3. The van der Waals surface area contributed by atoms with Crippen molar-refractivity contribution < 1.29 is 12.8 Å². The molecule has 0 saturated heterocycles. The van der Waals surface area contributed by atoms with Crippen molar-refractivity contribution in [2.75, 3.05) is 6.26 Å². The minimum absolute atomic E-state index is 0.296. The molecule has 0 aliphatic carbocycles. The first-order valence-corrected chi connectivity index (χ1v) is 5.97. The quantitative estimate of drug-likeness (QED) is 0.811. The lowest BCUT2D eigenvalue weighted by Gasteiger charge is -2.11. The lowest BCUT2D eigenvalue weighted by Crippen LogP contribution is -2.13. The molecule has 1 aromatic rings. The first-order valence-electron chi connectivity index (χ1n) is 4.08. The monoisotopic (exact) mass is 217 g/mol. The SMILES string of the molecule is CC(N)c1cccc(F)c1S(C)(=O)=O. The smallest absolute Gasteiger partial charge is 0.178 e.